The molecule has 0 saturated heterocycles. The lowest BCUT2D eigenvalue weighted by molar-refractivity contribution is -0.139. The average Bonchev–Trinajstić information content (AvgIpc) is 2.74. The molecular formula is C23H21FN2O2. The summed E-state index contributed by atoms with van der Waals surface area (Å²) in [4.78, 5) is 24.3. The highest BCUT2D eigenvalue weighted by Gasteiger charge is 2.18. The molecule has 2 amide bonds. The fourth-order valence-electron chi connectivity index (χ4n) is 2.94. The topological polar surface area (TPSA) is 58.2 Å². The highest BCUT2D eigenvalue weighted by atomic mass is 19.1. The summed E-state index contributed by atoms with van der Waals surface area (Å²) in [6.07, 6.45) is 0. The van der Waals surface area contributed by atoms with Crippen LogP contribution in [0.2, 0.25) is 0 Å². The quantitative estimate of drug-likeness (QED) is 0.648. The molecule has 2 N–H and O–H groups in total. The zero-order valence-corrected chi connectivity index (χ0v) is 15.3. The van der Waals surface area contributed by atoms with E-state index < -0.39 is 11.8 Å². The molecule has 0 aliphatic carbocycles. The summed E-state index contributed by atoms with van der Waals surface area (Å²) in [7, 11) is 0. The molecule has 3 aromatic rings. The molecule has 0 heterocycles. The molecule has 0 aliphatic heterocycles. The minimum absolute atomic E-state index is 0.0590. The van der Waals surface area contributed by atoms with Gasteiger partial charge < -0.3 is 10.6 Å². The smallest absolute Gasteiger partial charge is 0.309 e. The van der Waals surface area contributed by atoms with Gasteiger partial charge in [-0.3, -0.25) is 9.59 Å². The first-order valence-corrected chi connectivity index (χ1v) is 9.04. The third kappa shape index (κ3) is 5.27. The molecular weight excluding hydrogens is 355 g/mol. The number of hydrogen-bond acceptors (Lipinski definition) is 2. The van der Waals surface area contributed by atoms with Crippen molar-refractivity contribution >= 4 is 11.8 Å². The van der Waals surface area contributed by atoms with E-state index >= 15 is 0 Å². The predicted molar refractivity (Wildman–Crippen MR) is 106 cm³/mol. The van der Waals surface area contributed by atoms with Gasteiger partial charge in [0.05, 0.1) is 0 Å². The van der Waals surface area contributed by atoms with Gasteiger partial charge in [-0.05, 0) is 28.8 Å². The van der Waals surface area contributed by atoms with Crippen LogP contribution in [0, 0.1) is 5.82 Å². The van der Waals surface area contributed by atoms with Crippen molar-refractivity contribution in [1.29, 1.82) is 0 Å². The number of carbonyl (C=O) groups is 2. The van der Waals surface area contributed by atoms with Crippen LogP contribution in [0.3, 0.4) is 0 Å². The minimum Gasteiger partial charge on any atom is -0.347 e. The number of amides is 2. The molecule has 3 aromatic carbocycles. The van der Waals surface area contributed by atoms with E-state index in [0.29, 0.717) is 12.1 Å². The van der Waals surface area contributed by atoms with Crippen molar-refractivity contribution in [1.82, 2.24) is 10.6 Å². The second kappa shape index (κ2) is 9.46. The lowest BCUT2D eigenvalue weighted by Gasteiger charge is -2.18. The van der Waals surface area contributed by atoms with Crippen LogP contribution in [0.5, 0.6) is 0 Å². The van der Waals surface area contributed by atoms with E-state index in [4.69, 9.17) is 0 Å². The standard InChI is InChI=1S/C23H21FN2O2/c24-20-13-11-17(12-14-20)15-25-22(27)23(28)26-16-21(18-7-3-1-4-8-18)19-9-5-2-6-10-19/h1-14,21H,15-16H2,(H,25,27)(H,26,28). The zero-order valence-electron chi connectivity index (χ0n) is 15.3. The fourth-order valence-corrected chi connectivity index (χ4v) is 2.94. The van der Waals surface area contributed by atoms with Gasteiger partial charge in [-0.2, -0.15) is 0 Å². The maximum Gasteiger partial charge on any atom is 0.309 e. The van der Waals surface area contributed by atoms with Crippen LogP contribution in [-0.4, -0.2) is 18.4 Å². The molecule has 5 heteroatoms. The van der Waals surface area contributed by atoms with Crippen molar-refractivity contribution in [2.75, 3.05) is 6.54 Å². The Morgan fingerprint density at radius 1 is 0.714 bits per heavy atom. The van der Waals surface area contributed by atoms with E-state index in [2.05, 4.69) is 10.6 Å². The van der Waals surface area contributed by atoms with Crippen LogP contribution in [0.15, 0.2) is 84.9 Å². The van der Waals surface area contributed by atoms with Crippen LogP contribution >= 0.6 is 0 Å². The van der Waals surface area contributed by atoms with Crippen molar-refractivity contribution in [2.24, 2.45) is 0 Å². The van der Waals surface area contributed by atoms with Crippen LogP contribution in [-0.2, 0) is 16.1 Å². The second-order valence-corrected chi connectivity index (χ2v) is 6.39. The Hall–Kier alpha value is -3.47. The molecule has 0 radical (unpaired) electrons. The summed E-state index contributed by atoms with van der Waals surface area (Å²) < 4.78 is 12.9. The van der Waals surface area contributed by atoms with Gasteiger partial charge in [0.15, 0.2) is 0 Å². The number of carbonyl (C=O) groups excluding carboxylic acids is 2. The van der Waals surface area contributed by atoms with E-state index in [1.54, 1.807) is 12.1 Å². The Balaban J connectivity index is 1.60. The van der Waals surface area contributed by atoms with Gasteiger partial charge in [-0.1, -0.05) is 72.8 Å². The number of halogens is 1. The largest absolute Gasteiger partial charge is 0.347 e. The van der Waals surface area contributed by atoms with Crippen molar-refractivity contribution < 1.29 is 14.0 Å². The van der Waals surface area contributed by atoms with Gasteiger partial charge in [0.1, 0.15) is 5.82 Å². The van der Waals surface area contributed by atoms with Gasteiger partial charge >= 0.3 is 11.8 Å². The second-order valence-electron chi connectivity index (χ2n) is 6.39. The maximum atomic E-state index is 12.9. The summed E-state index contributed by atoms with van der Waals surface area (Å²) in [5.74, 6) is -1.82. The Bertz CT molecular complexity index is 873. The molecule has 4 nitrogen and oxygen atoms in total. The van der Waals surface area contributed by atoms with Crippen LogP contribution in [0.1, 0.15) is 22.6 Å². The molecule has 0 saturated carbocycles. The normalized spacial score (nSPS) is 10.5. The Labute approximate surface area is 163 Å². The summed E-state index contributed by atoms with van der Waals surface area (Å²) in [6, 6.07) is 25.4. The number of rotatable bonds is 6. The van der Waals surface area contributed by atoms with Gasteiger partial charge in [0.2, 0.25) is 0 Å². The number of nitrogens with one attached hydrogen (secondary N) is 2. The molecule has 3 rings (SSSR count). The number of hydrogen-bond donors (Lipinski definition) is 2. The van der Waals surface area contributed by atoms with Crippen LogP contribution in [0.4, 0.5) is 4.39 Å². The minimum atomic E-state index is -0.718. The lowest BCUT2D eigenvalue weighted by Crippen LogP contribution is -2.41. The van der Waals surface area contributed by atoms with Crippen LogP contribution < -0.4 is 10.6 Å². The number of benzene rings is 3. The Morgan fingerprint density at radius 2 is 1.21 bits per heavy atom. The summed E-state index contributed by atoms with van der Waals surface area (Å²) in [5.41, 5.74) is 2.83. The Morgan fingerprint density at radius 3 is 1.75 bits per heavy atom. The zero-order chi connectivity index (χ0) is 19.8. The van der Waals surface area contributed by atoms with E-state index in [1.807, 2.05) is 60.7 Å². The summed E-state index contributed by atoms with van der Waals surface area (Å²) >= 11 is 0. The molecule has 0 spiro atoms. The first-order chi connectivity index (χ1) is 13.6. The Kier molecular flexibility index (Phi) is 6.52. The fraction of sp³-hybridized carbons (Fsp3) is 0.130. The highest BCUT2D eigenvalue weighted by molar-refractivity contribution is 6.35. The van der Waals surface area contributed by atoms with E-state index in [9.17, 15) is 14.0 Å². The molecule has 142 valence electrons. The molecule has 0 fully saturated rings. The summed E-state index contributed by atoms with van der Waals surface area (Å²) in [5, 5.41) is 5.26. The van der Waals surface area contributed by atoms with E-state index in [-0.39, 0.29) is 18.3 Å². The van der Waals surface area contributed by atoms with Gasteiger partial charge in [-0.15, -0.1) is 0 Å². The summed E-state index contributed by atoms with van der Waals surface area (Å²) in [6.45, 7) is 0.462. The van der Waals surface area contributed by atoms with E-state index in [1.165, 1.54) is 12.1 Å². The molecule has 0 unspecified atom stereocenters. The first kappa shape index (κ1) is 19.3. The molecule has 28 heavy (non-hydrogen) atoms. The van der Waals surface area contributed by atoms with Crippen molar-refractivity contribution in [2.45, 2.75) is 12.5 Å². The lowest BCUT2D eigenvalue weighted by atomic mass is 9.91. The van der Waals surface area contributed by atoms with Gasteiger partial charge in [0.25, 0.3) is 0 Å². The monoisotopic (exact) mass is 376 g/mol. The predicted octanol–water partition coefficient (Wildman–Crippen LogP) is 3.39. The van der Waals surface area contributed by atoms with Crippen molar-refractivity contribution in [3.63, 3.8) is 0 Å². The van der Waals surface area contributed by atoms with Crippen LogP contribution in [0.25, 0.3) is 0 Å². The SMILES string of the molecule is O=C(NCc1ccc(F)cc1)C(=O)NCC(c1ccccc1)c1ccccc1. The third-order valence-electron chi connectivity index (χ3n) is 4.44. The van der Waals surface area contributed by atoms with Gasteiger partial charge in [-0.25, -0.2) is 4.39 Å². The molecule has 0 atom stereocenters. The average molecular weight is 376 g/mol. The molecule has 0 aromatic heterocycles. The van der Waals surface area contributed by atoms with Gasteiger partial charge in [0, 0.05) is 19.0 Å². The first-order valence-electron chi connectivity index (χ1n) is 9.04. The molecule has 0 bridgehead atoms. The highest BCUT2D eigenvalue weighted by Crippen LogP contribution is 2.23. The van der Waals surface area contributed by atoms with Crippen molar-refractivity contribution in [3.05, 3.63) is 107 Å². The maximum absolute atomic E-state index is 12.9. The van der Waals surface area contributed by atoms with Crippen molar-refractivity contribution in [3.8, 4) is 0 Å². The van der Waals surface area contributed by atoms with E-state index in [0.717, 1.165) is 11.1 Å². The third-order valence-corrected chi connectivity index (χ3v) is 4.44. The molecule has 0 aliphatic rings.